The van der Waals surface area contributed by atoms with Gasteiger partial charge in [0.05, 0.1) is 6.42 Å². The summed E-state index contributed by atoms with van der Waals surface area (Å²) in [6.45, 7) is 5.59. The van der Waals surface area contributed by atoms with Crippen molar-refractivity contribution in [2.45, 2.75) is 20.3 Å². The highest BCUT2D eigenvalue weighted by atomic mass is 16.1. The molecule has 94 valence electrons. The largest absolute Gasteiger partial charge is 0.387 e. The van der Waals surface area contributed by atoms with Crippen LogP contribution in [0.4, 0.5) is 0 Å². The number of rotatable bonds is 5. The van der Waals surface area contributed by atoms with Crippen LogP contribution in [0, 0.1) is 0 Å². The van der Waals surface area contributed by atoms with Gasteiger partial charge in [-0.3, -0.25) is 9.79 Å². The minimum Gasteiger partial charge on any atom is -0.387 e. The van der Waals surface area contributed by atoms with Crippen LogP contribution in [-0.4, -0.2) is 45.3 Å². The Morgan fingerprint density at radius 1 is 1.38 bits per heavy atom. The standard InChI is InChI=1S/C7H14N4O.C3H9N/c1-3-10-7(12)4-6(8)11-5-9-2;1-3-4-2/h5H,3-4H2,1-2H3,(H,10,12)(H2,8,9,11);4H,3H2,1-2H3. The summed E-state index contributed by atoms with van der Waals surface area (Å²) in [5.41, 5.74) is 5.39. The van der Waals surface area contributed by atoms with E-state index in [1.54, 1.807) is 7.05 Å². The average Bonchev–Trinajstić information content (AvgIpc) is 2.27. The van der Waals surface area contributed by atoms with Gasteiger partial charge in [0.25, 0.3) is 0 Å². The number of aliphatic imine (C=N–C) groups is 2. The Balaban J connectivity index is 0. The molecular weight excluding hydrogens is 206 g/mol. The van der Waals surface area contributed by atoms with Gasteiger partial charge in [-0.2, -0.15) is 0 Å². The van der Waals surface area contributed by atoms with Crippen molar-refractivity contribution in [1.29, 1.82) is 0 Å². The fourth-order valence-corrected chi connectivity index (χ4v) is 0.602. The number of nitrogens with one attached hydrogen (secondary N) is 2. The van der Waals surface area contributed by atoms with Crippen LogP contribution in [0.1, 0.15) is 20.3 Å². The van der Waals surface area contributed by atoms with E-state index in [9.17, 15) is 4.79 Å². The molecule has 0 aliphatic heterocycles. The number of amidine groups is 1. The van der Waals surface area contributed by atoms with Gasteiger partial charge in [-0.1, -0.05) is 6.92 Å². The van der Waals surface area contributed by atoms with Crippen LogP contribution in [-0.2, 0) is 4.79 Å². The van der Waals surface area contributed by atoms with E-state index in [0.29, 0.717) is 6.54 Å². The summed E-state index contributed by atoms with van der Waals surface area (Å²) in [7, 11) is 3.52. The van der Waals surface area contributed by atoms with Crippen molar-refractivity contribution in [2.24, 2.45) is 15.7 Å². The van der Waals surface area contributed by atoms with Gasteiger partial charge in [0, 0.05) is 13.6 Å². The summed E-state index contributed by atoms with van der Waals surface area (Å²) in [5.74, 6) is 0.148. The van der Waals surface area contributed by atoms with Gasteiger partial charge in [0.15, 0.2) is 0 Å². The summed E-state index contributed by atoms with van der Waals surface area (Å²) in [6, 6.07) is 0. The van der Waals surface area contributed by atoms with Crippen molar-refractivity contribution in [3.05, 3.63) is 0 Å². The average molecular weight is 229 g/mol. The van der Waals surface area contributed by atoms with Crippen molar-refractivity contribution in [2.75, 3.05) is 27.2 Å². The number of amides is 1. The van der Waals surface area contributed by atoms with E-state index in [1.165, 1.54) is 6.34 Å². The molecular formula is C10H23N5O. The van der Waals surface area contributed by atoms with Gasteiger partial charge in [-0.15, -0.1) is 0 Å². The molecule has 1 amide bonds. The molecule has 0 aliphatic carbocycles. The molecule has 0 aromatic rings. The first kappa shape index (κ1) is 17.0. The van der Waals surface area contributed by atoms with E-state index < -0.39 is 0 Å². The van der Waals surface area contributed by atoms with Gasteiger partial charge in [-0.05, 0) is 20.5 Å². The molecule has 4 N–H and O–H groups in total. The zero-order valence-corrected chi connectivity index (χ0v) is 10.6. The lowest BCUT2D eigenvalue weighted by Gasteiger charge is -1.99. The Morgan fingerprint density at radius 2 is 1.94 bits per heavy atom. The molecule has 0 saturated heterocycles. The van der Waals surface area contributed by atoms with Gasteiger partial charge < -0.3 is 16.4 Å². The predicted octanol–water partition coefficient (Wildman–Crippen LogP) is -0.246. The molecule has 0 aromatic carbocycles. The Hall–Kier alpha value is -1.43. The SMILES string of the molecule is CCNC.CCNC(=O)CC(N)=NC=NC. The Morgan fingerprint density at radius 3 is 2.31 bits per heavy atom. The second-order valence-electron chi connectivity index (χ2n) is 2.83. The third-order valence-electron chi connectivity index (χ3n) is 1.41. The molecule has 6 nitrogen and oxygen atoms in total. The van der Waals surface area contributed by atoms with E-state index >= 15 is 0 Å². The third-order valence-corrected chi connectivity index (χ3v) is 1.41. The summed E-state index contributed by atoms with van der Waals surface area (Å²) >= 11 is 0. The second kappa shape index (κ2) is 13.6. The van der Waals surface area contributed by atoms with E-state index in [0.717, 1.165) is 6.54 Å². The lowest BCUT2D eigenvalue weighted by molar-refractivity contribution is -0.119. The highest BCUT2D eigenvalue weighted by Gasteiger charge is 2.00. The van der Waals surface area contributed by atoms with Gasteiger partial charge in [-0.25, -0.2) is 4.99 Å². The van der Waals surface area contributed by atoms with Crippen molar-refractivity contribution >= 4 is 18.1 Å². The molecule has 0 heterocycles. The molecule has 0 radical (unpaired) electrons. The normalized spacial score (nSPS) is 10.9. The number of nitrogens with zero attached hydrogens (tertiary/aromatic N) is 2. The fourth-order valence-electron chi connectivity index (χ4n) is 0.602. The van der Waals surface area contributed by atoms with Crippen LogP contribution in [0.5, 0.6) is 0 Å². The molecule has 0 spiro atoms. The molecule has 0 aromatic heterocycles. The van der Waals surface area contributed by atoms with E-state index in [1.807, 2.05) is 14.0 Å². The lowest BCUT2D eigenvalue weighted by Crippen LogP contribution is -2.28. The number of hydrogen-bond donors (Lipinski definition) is 3. The van der Waals surface area contributed by atoms with Crippen LogP contribution >= 0.6 is 0 Å². The van der Waals surface area contributed by atoms with Crippen LogP contribution < -0.4 is 16.4 Å². The molecule has 0 aliphatic rings. The Kier molecular flexibility index (Phi) is 14.4. The molecule has 6 heteroatoms. The summed E-state index contributed by atoms with van der Waals surface area (Å²) < 4.78 is 0. The van der Waals surface area contributed by atoms with Crippen LogP contribution in [0.15, 0.2) is 9.98 Å². The molecule has 16 heavy (non-hydrogen) atoms. The fraction of sp³-hybridized carbons (Fsp3) is 0.700. The monoisotopic (exact) mass is 229 g/mol. The van der Waals surface area contributed by atoms with Crippen molar-refractivity contribution in [3.8, 4) is 0 Å². The van der Waals surface area contributed by atoms with Gasteiger partial charge in [0.2, 0.25) is 5.91 Å². The predicted molar refractivity (Wildman–Crippen MR) is 68.9 cm³/mol. The molecule has 0 rings (SSSR count). The Labute approximate surface area is 97.4 Å². The Bertz CT molecular complexity index is 223. The highest BCUT2D eigenvalue weighted by Crippen LogP contribution is 1.79. The molecule has 0 bridgehead atoms. The second-order valence-corrected chi connectivity index (χ2v) is 2.83. The minimum absolute atomic E-state index is 0.122. The van der Waals surface area contributed by atoms with Crippen LogP contribution in [0.25, 0.3) is 0 Å². The maximum Gasteiger partial charge on any atom is 0.227 e. The van der Waals surface area contributed by atoms with Crippen molar-refractivity contribution in [3.63, 3.8) is 0 Å². The number of hydrogen-bond acceptors (Lipinski definition) is 3. The smallest absolute Gasteiger partial charge is 0.227 e. The first-order valence-corrected chi connectivity index (χ1v) is 5.26. The quantitative estimate of drug-likeness (QED) is 0.448. The summed E-state index contributed by atoms with van der Waals surface area (Å²) in [6.07, 6.45) is 1.44. The molecule has 0 saturated carbocycles. The van der Waals surface area contributed by atoms with E-state index in [-0.39, 0.29) is 18.2 Å². The highest BCUT2D eigenvalue weighted by molar-refractivity contribution is 6.01. The maximum absolute atomic E-state index is 10.9. The molecule has 0 unspecified atom stereocenters. The topological polar surface area (TPSA) is 91.9 Å². The van der Waals surface area contributed by atoms with Crippen molar-refractivity contribution in [1.82, 2.24) is 10.6 Å². The molecule has 0 atom stereocenters. The number of carbonyl (C=O) groups excluding carboxylic acids is 1. The van der Waals surface area contributed by atoms with E-state index in [2.05, 4.69) is 27.5 Å². The van der Waals surface area contributed by atoms with Gasteiger partial charge >= 0.3 is 0 Å². The van der Waals surface area contributed by atoms with Crippen molar-refractivity contribution < 1.29 is 4.79 Å². The maximum atomic E-state index is 10.9. The first-order valence-electron chi connectivity index (χ1n) is 5.26. The summed E-state index contributed by atoms with van der Waals surface area (Å²) in [4.78, 5) is 18.2. The van der Waals surface area contributed by atoms with Gasteiger partial charge in [0.1, 0.15) is 12.2 Å². The third kappa shape index (κ3) is 15.1. The zero-order chi connectivity index (χ0) is 12.8. The number of nitrogens with two attached hydrogens (primary N) is 1. The summed E-state index contributed by atoms with van der Waals surface area (Å²) in [5, 5.41) is 5.54. The van der Waals surface area contributed by atoms with Crippen LogP contribution in [0.2, 0.25) is 0 Å². The zero-order valence-electron chi connectivity index (χ0n) is 10.6. The minimum atomic E-state index is -0.122. The van der Waals surface area contributed by atoms with E-state index in [4.69, 9.17) is 5.73 Å². The number of carbonyl (C=O) groups is 1. The van der Waals surface area contributed by atoms with Crippen LogP contribution in [0.3, 0.4) is 0 Å². The molecule has 0 fully saturated rings. The lowest BCUT2D eigenvalue weighted by atomic mass is 10.4. The first-order chi connectivity index (χ1) is 7.62.